The number of hydrogen-bond donors (Lipinski definition) is 1. The van der Waals surface area contributed by atoms with Gasteiger partial charge in [-0.3, -0.25) is 5.32 Å². The molecule has 1 unspecified atom stereocenters. The summed E-state index contributed by atoms with van der Waals surface area (Å²) in [6.07, 6.45) is 1.05. The minimum atomic E-state index is -0.167. The van der Waals surface area contributed by atoms with E-state index in [9.17, 15) is 0 Å². The van der Waals surface area contributed by atoms with Crippen LogP contribution in [0.1, 0.15) is 20.3 Å². The van der Waals surface area contributed by atoms with Crippen LogP contribution in [0.25, 0.3) is 0 Å². The van der Waals surface area contributed by atoms with Gasteiger partial charge in [0.1, 0.15) is 6.04 Å². The summed E-state index contributed by atoms with van der Waals surface area (Å²) in [6.45, 7) is 8.50. The third-order valence-corrected chi connectivity index (χ3v) is 1.22. The maximum Gasteiger partial charge on any atom is 0.116 e. The van der Waals surface area contributed by atoms with E-state index in [1.165, 1.54) is 0 Å². The van der Waals surface area contributed by atoms with Gasteiger partial charge in [-0.1, -0.05) is 13.5 Å². The van der Waals surface area contributed by atoms with Crippen LogP contribution in [0, 0.1) is 11.3 Å². The van der Waals surface area contributed by atoms with Gasteiger partial charge in [0.2, 0.25) is 0 Å². The van der Waals surface area contributed by atoms with Gasteiger partial charge in [0.05, 0.1) is 6.07 Å². The van der Waals surface area contributed by atoms with Gasteiger partial charge < -0.3 is 0 Å². The van der Waals surface area contributed by atoms with Crippen molar-refractivity contribution in [2.45, 2.75) is 26.3 Å². The van der Waals surface area contributed by atoms with Crippen molar-refractivity contribution in [3.8, 4) is 6.07 Å². The maximum absolute atomic E-state index is 8.55. The summed E-state index contributed by atoms with van der Waals surface area (Å²) in [7, 11) is 0. The molecule has 0 radical (unpaired) electrons. The molecule has 1 N–H and O–H groups in total. The van der Waals surface area contributed by atoms with Crippen LogP contribution in [-0.4, -0.2) is 12.6 Å². The van der Waals surface area contributed by atoms with Gasteiger partial charge in [-0.15, -0.1) is 0 Å². The van der Waals surface area contributed by atoms with E-state index in [0.29, 0.717) is 0 Å². The predicted molar refractivity (Wildman–Crippen MR) is 42.5 cm³/mol. The van der Waals surface area contributed by atoms with Crippen LogP contribution < -0.4 is 5.32 Å². The highest BCUT2D eigenvalue weighted by atomic mass is 14.9. The van der Waals surface area contributed by atoms with E-state index in [0.717, 1.165) is 18.5 Å². The molecule has 0 amide bonds. The number of nitrogens with one attached hydrogen (secondary N) is 1. The lowest BCUT2D eigenvalue weighted by Crippen LogP contribution is -2.28. The van der Waals surface area contributed by atoms with Gasteiger partial charge in [0.25, 0.3) is 0 Å². The van der Waals surface area contributed by atoms with E-state index < -0.39 is 0 Å². The van der Waals surface area contributed by atoms with E-state index in [2.05, 4.69) is 24.9 Å². The zero-order valence-corrected chi connectivity index (χ0v) is 6.65. The molecule has 0 heterocycles. The first-order chi connectivity index (χ1) is 4.72. The van der Waals surface area contributed by atoms with Crippen LogP contribution in [-0.2, 0) is 0 Å². The molecule has 0 bridgehead atoms. The van der Waals surface area contributed by atoms with Crippen LogP contribution in [0.5, 0.6) is 0 Å². The van der Waals surface area contributed by atoms with Crippen LogP contribution in [0.4, 0.5) is 0 Å². The summed E-state index contributed by atoms with van der Waals surface area (Å²) in [5, 5.41) is 11.6. The first-order valence-corrected chi connectivity index (χ1v) is 3.50. The minimum Gasteiger partial charge on any atom is -0.299 e. The Labute approximate surface area is 62.5 Å². The molecule has 0 aromatic heterocycles. The maximum atomic E-state index is 8.55. The van der Waals surface area contributed by atoms with Crippen molar-refractivity contribution in [2.75, 3.05) is 6.54 Å². The number of rotatable bonds is 4. The Bertz CT molecular complexity index is 144. The molecular weight excluding hydrogens is 124 g/mol. The monoisotopic (exact) mass is 138 g/mol. The normalized spacial score (nSPS) is 12.1. The summed E-state index contributed by atoms with van der Waals surface area (Å²) in [5.74, 6) is 0. The van der Waals surface area contributed by atoms with E-state index in [1.807, 2.05) is 6.92 Å². The van der Waals surface area contributed by atoms with Crippen molar-refractivity contribution in [1.29, 1.82) is 5.26 Å². The second-order valence-corrected chi connectivity index (χ2v) is 2.36. The fraction of sp³-hybridized carbons (Fsp3) is 0.625. The van der Waals surface area contributed by atoms with Crippen LogP contribution >= 0.6 is 0 Å². The van der Waals surface area contributed by atoms with E-state index in [4.69, 9.17) is 5.26 Å². The molecule has 0 rings (SSSR count). The zero-order valence-electron chi connectivity index (χ0n) is 6.65. The molecular formula is C8H14N2. The molecule has 1 atom stereocenters. The third-order valence-electron chi connectivity index (χ3n) is 1.22. The second kappa shape index (κ2) is 5.01. The van der Waals surface area contributed by atoms with Gasteiger partial charge in [0, 0.05) is 0 Å². The average molecular weight is 138 g/mol. The molecule has 0 aromatic rings. The van der Waals surface area contributed by atoms with Crippen molar-refractivity contribution in [2.24, 2.45) is 0 Å². The van der Waals surface area contributed by atoms with Crippen molar-refractivity contribution in [1.82, 2.24) is 5.32 Å². The molecule has 56 valence electrons. The Morgan fingerprint density at radius 1 is 1.80 bits per heavy atom. The summed E-state index contributed by atoms with van der Waals surface area (Å²) in [5.41, 5.74) is 0.885. The molecule has 0 aliphatic heterocycles. The molecule has 10 heavy (non-hydrogen) atoms. The lowest BCUT2D eigenvalue weighted by molar-refractivity contribution is 0.648. The van der Waals surface area contributed by atoms with Crippen LogP contribution in [0.2, 0.25) is 0 Å². The fourth-order valence-corrected chi connectivity index (χ4v) is 0.619. The minimum absolute atomic E-state index is 0.167. The number of nitriles is 1. The van der Waals surface area contributed by atoms with Crippen molar-refractivity contribution < 1.29 is 0 Å². The van der Waals surface area contributed by atoms with Gasteiger partial charge in [-0.25, -0.2) is 0 Å². The second-order valence-electron chi connectivity index (χ2n) is 2.36. The SMILES string of the molecule is C=C(C)C(C#N)NCCC. The van der Waals surface area contributed by atoms with E-state index >= 15 is 0 Å². The standard InChI is InChI=1S/C8H14N2/c1-4-5-10-8(6-9)7(2)3/h8,10H,2,4-5H2,1,3H3. The highest BCUT2D eigenvalue weighted by molar-refractivity contribution is 5.12. The highest BCUT2D eigenvalue weighted by Gasteiger charge is 2.03. The molecule has 0 aliphatic carbocycles. The van der Waals surface area contributed by atoms with Gasteiger partial charge in [-0.2, -0.15) is 5.26 Å². The predicted octanol–water partition coefficient (Wildman–Crippen LogP) is 1.45. The molecule has 2 nitrogen and oxygen atoms in total. The molecule has 0 aliphatic rings. The molecule has 0 fully saturated rings. The number of nitrogens with zero attached hydrogens (tertiary/aromatic N) is 1. The average Bonchev–Trinajstić information content (AvgIpc) is 1.89. The fourth-order valence-electron chi connectivity index (χ4n) is 0.619. The molecule has 0 saturated carbocycles. The van der Waals surface area contributed by atoms with Crippen molar-refractivity contribution >= 4 is 0 Å². The third kappa shape index (κ3) is 3.26. The van der Waals surface area contributed by atoms with Crippen LogP contribution in [0.3, 0.4) is 0 Å². The Kier molecular flexibility index (Phi) is 4.61. The zero-order chi connectivity index (χ0) is 7.98. The topological polar surface area (TPSA) is 35.8 Å². The Morgan fingerprint density at radius 3 is 2.70 bits per heavy atom. The number of hydrogen-bond acceptors (Lipinski definition) is 2. The lowest BCUT2D eigenvalue weighted by Gasteiger charge is -2.08. The largest absolute Gasteiger partial charge is 0.299 e. The summed E-state index contributed by atoms with van der Waals surface area (Å²) < 4.78 is 0. The Morgan fingerprint density at radius 2 is 2.40 bits per heavy atom. The van der Waals surface area contributed by atoms with E-state index in [-0.39, 0.29) is 6.04 Å². The molecule has 2 heteroatoms. The molecule has 0 spiro atoms. The smallest absolute Gasteiger partial charge is 0.116 e. The first kappa shape index (κ1) is 9.19. The first-order valence-electron chi connectivity index (χ1n) is 3.50. The molecule has 0 aromatic carbocycles. The van der Waals surface area contributed by atoms with Gasteiger partial charge >= 0.3 is 0 Å². The van der Waals surface area contributed by atoms with Crippen LogP contribution in [0.15, 0.2) is 12.2 Å². The quantitative estimate of drug-likeness (QED) is 0.597. The molecule has 0 saturated heterocycles. The van der Waals surface area contributed by atoms with Crippen molar-refractivity contribution in [3.05, 3.63) is 12.2 Å². The summed E-state index contributed by atoms with van der Waals surface area (Å²) in [6, 6.07) is 1.96. The summed E-state index contributed by atoms with van der Waals surface area (Å²) in [4.78, 5) is 0. The van der Waals surface area contributed by atoms with Crippen molar-refractivity contribution in [3.63, 3.8) is 0 Å². The van der Waals surface area contributed by atoms with E-state index in [1.54, 1.807) is 0 Å². The lowest BCUT2D eigenvalue weighted by atomic mass is 10.2. The van der Waals surface area contributed by atoms with Gasteiger partial charge in [-0.05, 0) is 25.5 Å². The summed E-state index contributed by atoms with van der Waals surface area (Å²) >= 11 is 0. The van der Waals surface area contributed by atoms with Gasteiger partial charge in [0.15, 0.2) is 0 Å². The Balaban J connectivity index is 3.64. The Hall–Kier alpha value is -0.810. The highest BCUT2D eigenvalue weighted by Crippen LogP contribution is 1.95.